The fraction of sp³-hybridized carbons (Fsp3) is 0.455. The van der Waals surface area contributed by atoms with E-state index in [-0.39, 0.29) is 4.90 Å². The molecule has 94 valence electrons. The van der Waals surface area contributed by atoms with Gasteiger partial charge >= 0.3 is 0 Å². The molecular formula is C11H13Br2NO2S. The molecule has 1 N–H and O–H groups in total. The van der Waals surface area contributed by atoms with Crippen molar-refractivity contribution in [3.05, 3.63) is 27.1 Å². The lowest BCUT2D eigenvalue weighted by Gasteiger charge is -2.08. The Bertz CT molecular complexity index is 512. The molecule has 2 rings (SSSR count). The molecule has 1 aliphatic carbocycles. The number of benzene rings is 1. The van der Waals surface area contributed by atoms with E-state index >= 15 is 0 Å². The maximum absolute atomic E-state index is 12.0. The molecule has 1 fully saturated rings. The first kappa shape index (κ1) is 13.5. The highest BCUT2D eigenvalue weighted by molar-refractivity contribution is 9.11. The first-order chi connectivity index (χ1) is 7.99. The van der Waals surface area contributed by atoms with E-state index in [4.69, 9.17) is 0 Å². The van der Waals surface area contributed by atoms with Crippen LogP contribution in [0.15, 0.2) is 32.0 Å². The molecule has 0 amide bonds. The van der Waals surface area contributed by atoms with Gasteiger partial charge in [-0.15, -0.1) is 0 Å². The summed E-state index contributed by atoms with van der Waals surface area (Å²) in [5.41, 5.74) is 0. The van der Waals surface area contributed by atoms with E-state index in [0.29, 0.717) is 11.0 Å². The van der Waals surface area contributed by atoms with Crippen molar-refractivity contribution in [1.82, 2.24) is 4.72 Å². The minimum Gasteiger partial charge on any atom is -0.211 e. The van der Waals surface area contributed by atoms with Crippen LogP contribution in [-0.4, -0.2) is 15.0 Å². The van der Waals surface area contributed by atoms with Crippen molar-refractivity contribution in [2.75, 3.05) is 6.54 Å². The SMILES string of the molecule is O=S(=O)(NCCC1CC1)c1cc(Br)ccc1Br. The van der Waals surface area contributed by atoms with Crippen LogP contribution in [-0.2, 0) is 10.0 Å². The van der Waals surface area contributed by atoms with Crippen LogP contribution in [0.25, 0.3) is 0 Å². The molecule has 0 atom stereocenters. The van der Waals surface area contributed by atoms with E-state index < -0.39 is 10.0 Å². The van der Waals surface area contributed by atoms with Gasteiger partial charge in [0.1, 0.15) is 0 Å². The zero-order valence-electron chi connectivity index (χ0n) is 9.12. The number of rotatable bonds is 5. The van der Waals surface area contributed by atoms with Gasteiger partial charge < -0.3 is 0 Å². The molecule has 0 spiro atoms. The van der Waals surface area contributed by atoms with Gasteiger partial charge in [0.25, 0.3) is 0 Å². The Hall–Kier alpha value is 0.0900. The Kier molecular flexibility index (Phi) is 4.28. The van der Waals surface area contributed by atoms with Crippen LogP contribution in [0.1, 0.15) is 19.3 Å². The molecule has 1 aliphatic rings. The van der Waals surface area contributed by atoms with Crippen molar-refractivity contribution < 1.29 is 8.42 Å². The Morgan fingerprint density at radius 3 is 2.65 bits per heavy atom. The van der Waals surface area contributed by atoms with Crippen molar-refractivity contribution in [2.45, 2.75) is 24.2 Å². The summed E-state index contributed by atoms with van der Waals surface area (Å²) in [6.45, 7) is 0.520. The molecule has 0 aromatic heterocycles. The highest BCUT2D eigenvalue weighted by atomic mass is 79.9. The summed E-state index contributed by atoms with van der Waals surface area (Å²) in [5, 5.41) is 0. The molecule has 0 bridgehead atoms. The molecule has 0 radical (unpaired) electrons. The zero-order valence-corrected chi connectivity index (χ0v) is 13.1. The highest BCUT2D eigenvalue weighted by Gasteiger charge is 2.23. The quantitative estimate of drug-likeness (QED) is 0.849. The van der Waals surface area contributed by atoms with Crippen molar-refractivity contribution in [3.8, 4) is 0 Å². The fourth-order valence-electron chi connectivity index (χ4n) is 1.56. The maximum Gasteiger partial charge on any atom is 0.241 e. The molecule has 0 heterocycles. The van der Waals surface area contributed by atoms with E-state index in [0.717, 1.165) is 16.8 Å². The number of nitrogens with one attached hydrogen (secondary N) is 1. The van der Waals surface area contributed by atoms with Crippen molar-refractivity contribution in [1.29, 1.82) is 0 Å². The summed E-state index contributed by atoms with van der Waals surface area (Å²) < 4.78 is 28.1. The summed E-state index contributed by atoms with van der Waals surface area (Å²) in [6.07, 6.45) is 3.41. The predicted molar refractivity (Wildman–Crippen MR) is 74.4 cm³/mol. The van der Waals surface area contributed by atoms with Crippen LogP contribution in [0.2, 0.25) is 0 Å². The molecule has 17 heavy (non-hydrogen) atoms. The molecule has 1 aromatic carbocycles. The second-order valence-electron chi connectivity index (χ2n) is 4.20. The Morgan fingerprint density at radius 1 is 1.29 bits per heavy atom. The lowest BCUT2D eigenvalue weighted by atomic mass is 10.3. The van der Waals surface area contributed by atoms with Crippen molar-refractivity contribution >= 4 is 41.9 Å². The first-order valence-electron chi connectivity index (χ1n) is 5.44. The number of hydrogen-bond donors (Lipinski definition) is 1. The average molecular weight is 383 g/mol. The van der Waals surface area contributed by atoms with Gasteiger partial charge in [0.15, 0.2) is 0 Å². The van der Waals surface area contributed by atoms with Crippen LogP contribution in [0, 0.1) is 5.92 Å². The van der Waals surface area contributed by atoms with Crippen molar-refractivity contribution in [3.63, 3.8) is 0 Å². The van der Waals surface area contributed by atoms with Gasteiger partial charge in [-0.25, -0.2) is 13.1 Å². The topological polar surface area (TPSA) is 46.2 Å². The van der Waals surface area contributed by atoms with E-state index in [1.807, 2.05) is 0 Å². The number of hydrogen-bond acceptors (Lipinski definition) is 2. The second-order valence-corrected chi connectivity index (χ2v) is 7.71. The third kappa shape index (κ3) is 3.77. The largest absolute Gasteiger partial charge is 0.241 e. The van der Waals surface area contributed by atoms with Gasteiger partial charge in [0.2, 0.25) is 10.0 Å². The molecule has 3 nitrogen and oxygen atoms in total. The monoisotopic (exact) mass is 381 g/mol. The Labute approximate surface area is 118 Å². The maximum atomic E-state index is 12.0. The van der Waals surface area contributed by atoms with Gasteiger partial charge in [-0.05, 0) is 46.5 Å². The second kappa shape index (κ2) is 5.38. The summed E-state index contributed by atoms with van der Waals surface area (Å²) >= 11 is 6.54. The third-order valence-electron chi connectivity index (χ3n) is 2.72. The summed E-state index contributed by atoms with van der Waals surface area (Å²) in [5.74, 6) is 0.726. The zero-order chi connectivity index (χ0) is 12.5. The van der Waals surface area contributed by atoms with Gasteiger partial charge in [-0.1, -0.05) is 28.8 Å². The Balaban J connectivity index is 2.09. The molecule has 1 saturated carbocycles. The highest BCUT2D eigenvalue weighted by Crippen LogP contribution is 2.32. The van der Waals surface area contributed by atoms with E-state index in [1.165, 1.54) is 12.8 Å². The van der Waals surface area contributed by atoms with Gasteiger partial charge in [0.05, 0.1) is 4.90 Å². The van der Waals surface area contributed by atoms with Crippen LogP contribution in [0.3, 0.4) is 0 Å². The Morgan fingerprint density at radius 2 is 2.00 bits per heavy atom. The van der Waals surface area contributed by atoms with Crippen molar-refractivity contribution in [2.24, 2.45) is 5.92 Å². The molecule has 0 unspecified atom stereocenters. The standard InChI is InChI=1S/C11H13Br2NO2S/c12-9-3-4-10(13)11(7-9)17(15,16)14-6-5-8-1-2-8/h3-4,7-8,14H,1-2,5-6H2. The van der Waals surface area contributed by atoms with Crippen LogP contribution in [0.4, 0.5) is 0 Å². The predicted octanol–water partition coefficient (Wildman–Crippen LogP) is 3.29. The summed E-state index contributed by atoms with van der Waals surface area (Å²) in [4.78, 5) is 0.280. The molecule has 0 saturated heterocycles. The van der Waals surface area contributed by atoms with Crippen LogP contribution < -0.4 is 4.72 Å². The smallest absolute Gasteiger partial charge is 0.211 e. The summed E-state index contributed by atoms with van der Waals surface area (Å²) in [7, 11) is -3.41. The lowest BCUT2D eigenvalue weighted by molar-refractivity contribution is 0.575. The molecule has 6 heteroatoms. The molecule has 0 aliphatic heterocycles. The first-order valence-corrected chi connectivity index (χ1v) is 8.51. The van der Waals surface area contributed by atoms with Gasteiger partial charge in [-0.3, -0.25) is 0 Å². The fourth-order valence-corrected chi connectivity index (χ4v) is 4.11. The third-order valence-corrected chi connectivity index (χ3v) is 5.67. The molecular weight excluding hydrogens is 370 g/mol. The molecule has 1 aromatic rings. The lowest BCUT2D eigenvalue weighted by Crippen LogP contribution is -2.25. The minimum absolute atomic E-state index is 0.280. The van der Waals surface area contributed by atoms with Crippen LogP contribution >= 0.6 is 31.9 Å². The average Bonchev–Trinajstić information content (AvgIpc) is 3.05. The van der Waals surface area contributed by atoms with Gasteiger partial charge in [-0.2, -0.15) is 0 Å². The minimum atomic E-state index is -3.41. The number of sulfonamides is 1. The normalized spacial score (nSPS) is 16.1. The summed E-state index contributed by atoms with van der Waals surface area (Å²) in [6, 6.07) is 5.12. The van der Waals surface area contributed by atoms with E-state index in [1.54, 1.807) is 18.2 Å². The van der Waals surface area contributed by atoms with E-state index in [9.17, 15) is 8.42 Å². The van der Waals surface area contributed by atoms with E-state index in [2.05, 4.69) is 36.6 Å². The number of halogens is 2. The van der Waals surface area contributed by atoms with Gasteiger partial charge in [0, 0.05) is 15.5 Å². The van der Waals surface area contributed by atoms with Crippen LogP contribution in [0.5, 0.6) is 0 Å².